The lowest BCUT2D eigenvalue weighted by Crippen LogP contribution is -1.91. The molecule has 1 saturated carbocycles. The maximum atomic E-state index is 4.16. The highest BCUT2D eigenvalue weighted by atomic mass is 32.2. The van der Waals surface area contributed by atoms with E-state index in [1.807, 2.05) is 11.8 Å². The highest BCUT2D eigenvalue weighted by Crippen LogP contribution is 2.29. The zero-order valence-electron chi connectivity index (χ0n) is 4.97. The fourth-order valence-corrected chi connectivity index (χ4v) is 2.67. The molecule has 48 valence electrons. The molecule has 1 aliphatic rings. The average molecular weight is 148 g/mol. The van der Waals surface area contributed by atoms with Crippen molar-refractivity contribution < 1.29 is 0 Å². The molecule has 0 N–H and O–H groups in total. The number of hydrogen-bond donors (Lipinski definition) is 1. The summed E-state index contributed by atoms with van der Waals surface area (Å²) < 4.78 is 0. The van der Waals surface area contributed by atoms with Crippen LogP contribution in [0.15, 0.2) is 0 Å². The molecule has 2 heteroatoms. The molecule has 0 aromatic rings. The third kappa shape index (κ3) is 1.90. The SMILES string of the molecule is SCSC1CCCC1. The van der Waals surface area contributed by atoms with E-state index in [-0.39, 0.29) is 0 Å². The van der Waals surface area contributed by atoms with Gasteiger partial charge in [0.1, 0.15) is 0 Å². The molecular weight excluding hydrogens is 136 g/mol. The molecular formula is C6H12S2. The Kier molecular flexibility index (Phi) is 3.13. The monoisotopic (exact) mass is 148 g/mol. The van der Waals surface area contributed by atoms with E-state index in [1.54, 1.807) is 0 Å². The van der Waals surface area contributed by atoms with E-state index in [4.69, 9.17) is 0 Å². The Balaban J connectivity index is 2.06. The predicted octanol–water partition coefficient (Wildman–Crippen LogP) is 2.55. The lowest BCUT2D eigenvalue weighted by molar-refractivity contribution is 0.886. The molecule has 0 atom stereocenters. The van der Waals surface area contributed by atoms with Gasteiger partial charge in [0.15, 0.2) is 0 Å². The minimum Gasteiger partial charge on any atom is -0.168 e. The number of thiol groups is 1. The predicted molar refractivity (Wildman–Crippen MR) is 43.7 cm³/mol. The molecule has 0 aromatic heterocycles. The van der Waals surface area contributed by atoms with Crippen LogP contribution in [0, 0.1) is 0 Å². The molecule has 0 amide bonds. The highest BCUT2D eigenvalue weighted by molar-refractivity contribution is 8.09. The van der Waals surface area contributed by atoms with E-state index in [0.29, 0.717) is 0 Å². The molecule has 8 heavy (non-hydrogen) atoms. The molecule has 0 heterocycles. The zero-order chi connectivity index (χ0) is 5.82. The van der Waals surface area contributed by atoms with Crippen LogP contribution in [0.1, 0.15) is 25.7 Å². The Morgan fingerprint density at radius 2 is 2.00 bits per heavy atom. The topological polar surface area (TPSA) is 0 Å². The van der Waals surface area contributed by atoms with E-state index in [1.165, 1.54) is 25.7 Å². The van der Waals surface area contributed by atoms with Crippen LogP contribution < -0.4 is 0 Å². The number of thioether (sulfide) groups is 1. The first-order valence-corrected chi connectivity index (χ1v) is 4.84. The number of rotatable bonds is 2. The van der Waals surface area contributed by atoms with Crippen molar-refractivity contribution in [2.24, 2.45) is 0 Å². The summed E-state index contributed by atoms with van der Waals surface area (Å²) in [5, 5.41) is 1.96. The Morgan fingerprint density at radius 1 is 1.38 bits per heavy atom. The van der Waals surface area contributed by atoms with Crippen LogP contribution in [0.5, 0.6) is 0 Å². The minimum absolute atomic E-state index is 0.951. The van der Waals surface area contributed by atoms with Gasteiger partial charge in [0.25, 0.3) is 0 Å². The largest absolute Gasteiger partial charge is 0.168 e. The zero-order valence-corrected chi connectivity index (χ0v) is 6.68. The second-order valence-electron chi connectivity index (χ2n) is 2.20. The lowest BCUT2D eigenvalue weighted by Gasteiger charge is -2.03. The van der Waals surface area contributed by atoms with Crippen molar-refractivity contribution in [1.29, 1.82) is 0 Å². The van der Waals surface area contributed by atoms with Gasteiger partial charge in [0.05, 0.1) is 0 Å². The van der Waals surface area contributed by atoms with Crippen LogP contribution in [0.4, 0.5) is 0 Å². The molecule has 0 aliphatic heterocycles. The molecule has 1 fully saturated rings. The summed E-state index contributed by atoms with van der Waals surface area (Å²) in [7, 11) is 0. The van der Waals surface area contributed by atoms with Gasteiger partial charge in [-0.15, -0.1) is 11.8 Å². The summed E-state index contributed by atoms with van der Waals surface area (Å²) in [5.41, 5.74) is 0. The Morgan fingerprint density at radius 3 is 2.50 bits per heavy atom. The quantitative estimate of drug-likeness (QED) is 0.464. The van der Waals surface area contributed by atoms with Crippen molar-refractivity contribution in [3.63, 3.8) is 0 Å². The van der Waals surface area contributed by atoms with Crippen molar-refractivity contribution in [2.75, 3.05) is 5.08 Å². The minimum atomic E-state index is 0.951. The molecule has 0 aromatic carbocycles. The summed E-state index contributed by atoms with van der Waals surface area (Å²) in [4.78, 5) is 0. The van der Waals surface area contributed by atoms with Gasteiger partial charge in [0, 0.05) is 10.3 Å². The summed E-state index contributed by atoms with van der Waals surface area (Å²) in [6.45, 7) is 0. The molecule has 0 bridgehead atoms. The molecule has 1 rings (SSSR count). The average Bonchev–Trinajstić information content (AvgIpc) is 2.19. The van der Waals surface area contributed by atoms with Crippen molar-refractivity contribution in [3.05, 3.63) is 0 Å². The van der Waals surface area contributed by atoms with E-state index in [2.05, 4.69) is 12.6 Å². The molecule has 0 spiro atoms. The van der Waals surface area contributed by atoms with Crippen LogP contribution in [0.2, 0.25) is 0 Å². The maximum absolute atomic E-state index is 4.16. The van der Waals surface area contributed by atoms with Crippen LogP contribution in [0.25, 0.3) is 0 Å². The summed E-state index contributed by atoms with van der Waals surface area (Å²) >= 11 is 6.16. The van der Waals surface area contributed by atoms with Gasteiger partial charge in [-0.3, -0.25) is 0 Å². The van der Waals surface area contributed by atoms with Crippen molar-refractivity contribution in [3.8, 4) is 0 Å². The van der Waals surface area contributed by atoms with Gasteiger partial charge in [0.2, 0.25) is 0 Å². The molecule has 1 aliphatic carbocycles. The summed E-state index contributed by atoms with van der Waals surface area (Å²) in [6, 6.07) is 0. The first kappa shape index (κ1) is 6.81. The Hall–Kier alpha value is 0.700. The molecule has 0 nitrogen and oxygen atoms in total. The first-order valence-electron chi connectivity index (χ1n) is 3.16. The van der Waals surface area contributed by atoms with Gasteiger partial charge in [-0.05, 0) is 12.8 Å². The van der Waals surface area contributed by atoms with Crippen LogP contribution >= 0.6 is 24.4 Å². The summed E-state index contributed by atoms with van der Waals surface area (Å²) in [6.07, 6.45) is 5.77. The standard InChI is InChI=1S/C6H12S2/c7-5-8-6-3-1-2-4-6/h6-7H,1-5H2. The van der Waals surface area contributed by atoms with Gasteiger partial charge < -0.3 is 0 Å². The third-order valence-electron chi connectivity index (χ3n) is 1.61. The molecule has 0 unspecified atom stereocenters. The smallest absolute Gasteiger partial charge is 0.0364 e. The van der Waals surface area contributed by atoms with Gasteiger partial charge >= 0.3 is 0 Å². The lowest BCUT2D eigenvalue weighted by atomic mass is 10.4. The highest BCUT2D eigenvalue weighted by Gasteiger charge is 2.13. The van der Waals surface area contributed by atoms with E-state index < -0.39 is 0 Å². The van der Waals surface area contributed by atoms with E-state index in [0.717, 1.165) is 10.3 Å². The van der Waals surface area contributed by atoms with Crippen molar-refractivity contribution in [2.45, 2.75) is 30.9 Å². The fraction of sp³-hybridized carbons (Fsp3) is 1.00. The van der Waals surface area contributed by atoms with Gasteiger partial charge in [-0.1, -0.05) is 12.8 Å². The molecule has 0 radical (unpaired) electrons. The second kappa shape index (κ2) is 3.67. The molecule has 0 saturated heterocycles. The number of hydrogen-bond acceptors (Lipinski definition) is 2. The fourth-order valence-electron chi connectivity index (χ4n) is 1.16. The van der Waals surface area contributed by atoms with Crippen LogP contribution in [-0.2, 0) is 0 Å². The van der Waals surface area contributed by atoms with Crippen LogP contribution in [-0.4, -0.2) is 10.3 Å². The van der Waals surface area contributed by atoms with E-state index >= 15 is 0 Å². The second-order valence-corrected chi connectivity index (χ2v) is 4.24. The van der Waals surface area contributed by atoms with Crippen molar-refractivity contribution >= 4 is 24.4 Å². The van der Waals surface area contributed by atoms with E-state index in [9.17, 15) is 0 Å². The Labute approximate surface area is 60.8 Å². The first-order chi connectivity index (χ1) is 3.93. The normalized spacial score (nSPS) is 22.1. The van der Waals surface area contributed by atoms with Gasteiger partial charge in [-0.2, -0.15) is 12.6 Å². The Bertz CT molecular complexity index is 57.5. The summed E-state index contributed by atoms with van der Waals surface area (Å²) in [5.74, 6) is 0. The van der Waals surface area contributed by atoms with Crippen LogP contribution in [0.3, 0.4) is 0 Å². The van der Waals surface area contributed by atoms with Gasteiger partial charge in [-0.25, -0.2) is 0 Å². The third-order valence-corrected chi connectivity index (χ3v) is 3.15. The maximum Gasteiger partial charge on any atom is 0.0364 e. The van der Waals surface area contributed by atoms with Crippen molar-refractivity contribution in [1.82, 2.24) is 0 Å².